The second kappa shape index (κ2) is 7.10. The van der Waals surface area contributed by atoms with Gasteiger partial charge in [0.25, 0.3) is 0 Å². The lowest BCUT2D eigenvalue weighted by molar-refractivity contribution is 0.0535. The minimum Gasteiger partial charge on any atom is -0.355 e. The molecule has 0 bridgehead atoms. The van der Waals surface area contributed by atoms with Crippen molar-refractivity contribution in [2.24, 2.45) is 11.8 Å². The van der Waals surface area contributed by atoms with E-state index in [4.69, 9.17) is 9.84 Å². The number of fused-ring (bicyclic) bond motifs is 1. The van der Waals surface area contributed by atoms with Crippen LogP contribution in [0, 0.1) is 11.8 Å². The van der Waals surface area contributed by atoms with Crippen LogP contribution in [0.1, 0.15) is 55.1 Å². The Bertz CT molecular complexity index is 673. The number of aryl methyl sites for hydroxylation is 1. The van der Waals surface area contributed by atoms with Crippen LogP contribution >= 0.6 is 0 Å². The van der Waals surface area contributed by atoms with Gasteiger partial charge in [-0.25, -0.2) is 4.68 Å². The Hall–Kier alpha value is -1.61. The summed E-state index contributed by atoms with van der Waals surface area (Å²) in [6.45, 7) is 3.45. The first-order valence-corrected chi connectivity index (χ1v) is 9.52. The molecule has 1 fully saturated rings. The maximum absolute atomic E-state index is 5.93. The van der Waals surface area contributed by atoms with Crippen LogP contribution < -0.4 is 0 Å². The van der Waals surface area contributed by atoms with Crippen LogP contribution in [0.2, 0.25) is 0 Å². The highest BCUT2D eigenvalue weighted by Gasteiger charge is 2.30. The van der Waals surface area contributed by atoms with Gasteiger partial charge in [0.15, 0.2) is 0 Å². The van der Waals surface area contributed by atoms with Crippen LogP contribution in [0.15, 0.2) is 30.3 Å². The van der Waals surface area contributed by atoms with Crippen molar-refractivity contribution in [1.82, 2.24) is 9.78 Å². The van der Waals surface area contributed by atoms with E-state index in [1.165, 1.54) is 61.0 Å². The Morgan fingerprint density at radius 1 is 1.12 bits per heavy atom. The van der Waals surface area contributed by atoms with E-state index in [1.807, 2.05) is 6.07 Å². The van der Waals surface area contributed by atoms with Crippen molar-refractivity contribution in [2.75, 3.05) is 0 Å². The Balaban J connectivity index is 1.41. The van der Waals surface area contributed by atoms with E-state index in [2.05, 4.69) is 35.9 Å². The molecule has 1 saturated carbocycles. The van der Waals surface area contributed by atoms with Gasteiger partial charge in [0.2, 0.25) is 0 Å². The molecule has 0 saturated heterocycles. The lowest BCUT2D eigenvalue weighted by Crippen LogP contribution is -2.18. The summed E-state index contributed by atoms with van der Waals surface area (Å²) in [4.78, 5) is 0. The number of rotatable bonds is 7. The van der Waals surface area contributed by atoms with Crippen molar-refractivity contribution >= 4 is 0 Å². The Kier molecular flexibility index (Phi) is 4.70. The first-order chi connectivity index (χ1) is 11.8. The van der Waals surface area contributed by atoms with Crippen LogP contribution in [0.4, 0.5) is 0 Å². The largest absolute Gasteiger partial charge is 0.355 e. The fraction of sp³-hybridized carbons (Fsp3) is 0.571. The van der Waals surface area contributed by atoms with Gasteiger partial charge in [0.05, 0.1) is 12.3 Å². The van der Waals surface area contributed by atoms with Crippen molar-refractivity contribution in [1.29, 1.82) is 0 Å². The number of ether oxygens (including phenoxy) is 1. The summed E-state index contributed by atoms with van der Waals surface area (Å²) in [5.41, 5.74) is 5.50. The summed E-state index contributed by atoms with van der Waals surface area (Å²) in [6.07, 6.45) is 9.16. The fourth-order valence-corrected chi connectivity index (χ4v) is 4.08. The number of hydrogen-bond donors (Lipinski definition) is 0. The van der Waals surface area contributed by atoms with E-state index >= 15 is 0 Å². The van der Waals surface area contributed by atoms with E-state index in [0.29, 0.717) is 13.3 Å². The molecule has 1 aromatic carbocycles. The van der Waals surface area contributed by atoms with Gasteiger partial charge in [-0.2, -0.15) is 5.10 Å². The molecule has 1 atom stereocenters. The molecule has 0 spiro atoms. The monoisotopic (exact) mass is 324 g/mol. The second-order valence-electron chi connectivity index (χ2n) is 7.48. The molecule has 2 aromatic rings. The molecular formula is C21H28N2O. The maximum atomic E-state index is 5.93. The molecule has 128 valence electrons. The molecule has 0 N–H and O–H groups in total. The first-order valence-electron chi connectivity index (χ1n) is 9.52. The molecule has 1 unspecified atom stereocenters. The van der Waals surface area contributed by atoms with Crippen molar-refractivity contribution in [3.63, 3.8) is 0 Å². The van der Waals surface area contributed by atoms with Gasteiger partial charge in [-0.05, 0) is 55.1 Å². The lowest BCUT2D eigenvalue weighted by atomic mass is 9.83. The topological polar surface area (TPSA) is 27.1 Å². The Labute approximate surface area is 145 Å². The molecule has 0 radical (unpaired) electrons. The standard InChI is InChI=1S/C21H28N2O/c1-2-20-19-13-18(12-16-8-9-16)10-11-21(19)23(22-20)15-24-14-17-6-4-3-5-7-17/h3-7,16,18H,2,8-15H2,1H3. The zero-order valence-electron chi connectivity index (χ0n) is 14.7. The van der Waals surface area contributed by atoms with E-state index in [9.17, 15) is 0 Å². The number of hydrogen-bond acceptors (Lipinski definition) is 2. The van der Waals surface area contributed by atoms with Gasteiger partial charge in [-0.15, -0.1) is 0 Å². The smallest absolute Gasteiger partial charge is 0.140 e. The zero-order valence-corrected chi connectivity index (χ0v) is 14.7. The average Bonchev–Trinajstić information content (AvgIpc) is 3.36. The summed E-state index contributed by atoms with van der Waals surface area (Å²) in [5.74, 6) is 1.92. The third kappa shape index (κ3) is 3.56. The normalized spacial score (nSPS) is 20.1. The minimum absolute atomic E-state index is 0.574. The minimum atomic E-state index is 0.574. The Morgan fingerprint density at radius 2 is 1.96 bits per heavy atom. The molecule has 1 aromatic heterocycles. The summed E-state index contributed by atoms with van der Waals surface area (Å²) in [5, 5.41) is 4.86. The fourth-order valence-electron chi connectivity index (χ4n) is 4.08. The molecular weight excluding hydrogens is 296 g/mol. The van der Waals surface area contributed by atoms with Crippen LogP contribution in [-0.4, -0.2) is 9.78 Å². The third-order valence-electron chi connectivity index (χ3n) is 5.56. The summed E-state index contributed by atoms with van der Waals surface area (Å²) < 4.78 is 8.06. The van der Waals surface area contributed by atoms with Gasteiger partial charge in [0, 0.05) is 5.69 Å². The highest BCUT2D eigenvalue weighted by molar-refractivity contribution is 5.29. The highest BCUT2D eigenvalue weighted by Crippen LogP contribution is 2.40. The quantitative estimate of drug-likeness (QED) is 0.748. The molecule has 24 heavy (non-hydrogen) atoms. The van der Waals surface area contributed by atoms with Crippen molar-refractivity contribution in [2.45, 2.75) is 65.2 Å². The van der Waals surface area contributed by atoms with Gasteiger partial charge in [0.1, 0.15) is 6.73 Å². The van der Waals surface area contributed by atoms with E-state index in [1.54, 1.807) is 0 Å². The van der Waals surface area contributed by atoms with Crippen molar-refractivity contribution in [3.05, 3.63) is 52.8 Å². The number of nitrogens with zero attached hydrogens (tertiary/aromatic N) is 2. The third-order valence-corrected chi connectivity index (χ3v) is 5.56. The van der Waals surface area contributed by atoms with Crippen LogP contribution in [0.3, 0.4) is 0 Å². The molecule has 1 heterocycles. The Morgan fingerprint density at radius 3 is 2.71 bits per heavy atom. The molecule has 3 nitrogen and oxygen atoms in total. The molecule has 4 rings (SSSR count). The van der Waals surface area contributed by atoms with Crippen LogP contribution in [0.5, 0.6) is 0 Å². The molecule has 3 heteroatoms. The summed E-state index contributed by atoms with van der Waals surface area (Å²) in [6, 6.07) is 10.4. The van der Waals surface area contributed by atoms with E-state index in [-0.39, 0.29) is 0 Å². The highest BCUT2D eigenvalue weighted by atomic mass is 16.5. The SMILES string of the molecule is CCc1nn(COCc2ccccc2)c2c1CC(CC1CC1)CC2. The van der Waals surface area contributed by atoms with Gasteiger partial charge in [-0.1, -0.05) is 50.1 Å². The van der Waals surface area contributed by atoms with Gasteiger partial charge in [-0.3, -0.25) is 0 Å². The predicted octanol–water partition coefficient (Wildman–Crippen LogP) is 4.52. The van der Waals surface area contributed by atoms with Crippen molar-refractivity contribution < 1.29 is 4.74 Å². The second-order valence-corrected chi connectivity index (χ2v) is 7.48. The van der Waals surface area contributed by atoms with E-state index < -0.39 is 0 Å². The lowest BCUT2D eigenvalue weighted by Gasteiger charge is -2.23. The summed E-state index contributed by atoms with van der Waals surface area (Å²) in [7, 11) is 0. The van der Waals surface area contributed by atoms with E-state index in [0.717, 1.165) is 18.3 Å². The maximum Gasteiger partial charge on any atom is 0.140 e. The molecule has 2 aliphatic rings. The van der Waals surface area contributed by atoms with Crippen LogP contribution in [-0.2, 0) is 37.3 Å². The molecule has 0 amide bonds. The summed E-state index contributed by atoms with van der Waals surface area (Å²) >= 11 is 0. The molecule has 0 aliphatic heterocycles. The van der Waals surface area contributed by atoms with Gasteiger partial charge < -0.3 is 4.74 Å². The van der Waals surface area contributed by atoms with Crippen LogP contribution in [0.25, 0.3) is 0 Å². The van der Waals surface area contributed by atoms with Crippen molar-refractivity contribution in [3.8, 4) is 0 Å². The first kappa shape index (κ1) is 15.9. The average molecular weight is 324 g/mol. The zero-order chi connectivity index (χ0) is 16.4. The number of aromatic nitrogens is 2. The van der Waals surface area contributed by atoms with Gasteiger partial charge >= 0.3 is 0 Å². The predicted molar refractivity (Wildman–Crippen MR) is 95.7 cm³/mol. The number of benzene rings is 1. The molecule has 2 aliphatic carbocycles.